The average molecular weight is 324 g/mol. The van der Waals surface area contributed by atoms with E-state index in [2.05, 4.69) is 39.0 Å². The van der Waals surface area contributed by atoms with Gasteiger partial charge in [-0.2, -0.15) is 0 Å². The maximum absolute atomic E-state index is 10.4. The molecule has 128 valence electrons. The first-order valence-corrected chi connectivity index (χ1v) is 8.64. The summed E-state index contributed by atoms with van der Waals surface area (Å²) >= 11 is 0. The Kier molecular flexibility index (Phi) is 3.53. The second-order valence-electron chi connectivity index (χ2n) is 8.44. The van der Waals surface area contributed by atoms with Crippen molar-refractivity contribution in [2.24, 2.45) is 0 Å². The molecule has 3 rings (SSSR count). The number of benzene rings is 2. The lowest BCUT2D eigenvalue weighted by Crippen LogP contribution is -2.23. The van der Waals surface area contributed by atoms with Crippen molar-refractivity contribution in [3.8, 4) is 11.5 Å². The quantitative estimate of drug-likeness (QED) is 0.745. The van der Waals surface area contributed by atoms with Crippen LogP contribution in [0.5, 0.6) is 11.5 Å². The van der Waals surface area contributed by atoms with Gasteiger partial charge in [-0.15, -0.1) is 0 Å². The molecule has 2 aromatic rings. The number of phenolic OH excluding ortho intramolecular Hbond substituents is 2. The number of fused-ring (bicyclic) bond motifs is 1. The van der Waals surface area contributed by atoms with Gasteiger partial charge in [0.05, 0.1) is 0 Å². The monoisotopic (exact) mass is 324 g/mol. The first kappa shape index (κ1) is 16.9. The molecule has 0 radical (unpaired) electrons. The highest BCUT2D eigenvalue weighted by Gasteiger charge is 2.47. The predicted molar refractivity (Wildman–Crippen MR) is 99.3 cm³/mol. The van der Waals surface area contributed by atoms with Gasteiger partial charge in [-0.3, -0.25) is 0 Å². The topological polar surface area (TPSA) is 40.5 Å². The van der Waals surface area contributed by atoms with Crippen LogP contribution in [0.3, 0.4) is 0 Å². The van der Waals surface area contributed by atoms with Crippen LogP contribution in [0.25, 0.3) is 0 Å². The van der Waals surface area contributed by atoms with Gasteiger partial charge >= 0.3 is 0 Å². The lowest BCUT2D eigenvalue weighted by Gasteiger charge is -2.29. The van der Waals surface area contributed by atoms with Crippen LogP contribution in [0.1, 0.15) is 66.1 Å². The minimum absolute atomic E-state index is 0.000950. The average Bonchev–Trinajstić information content (AvgIpc) is 2.68. The van der Waals surface area contributed by atoms with Crippen molar-refractivity contribution in [1.29, 1.82) is 0 Å². The van der Waals surface area contributed by atoms with Crippen molar-refractivity contribution in [3.05, 3.63) is 57.1 Å². The zero-order chi connectivity index (χ0) is 18.0. The van der Waals surface area contributed by atoms with E-state index in [1.54, 1.807) is 0 Å². The SMILES string of the molecule is Cc1cc(C2(C)CC(C)(C)c3c2cc(C)c(O)c3C)cc(C)c1O. The second-order valence-corrected chi connectivity index (χ2v) is 8.44. The molecule has 2 heteroatoms. The summed E-state index contributed by atoms with van der Waals surface area (Å²) in [5, 5.41) is 20.6. The van der Waals surface area contributed by atoms with Crippen LogP contribution < -0.4 is 0 Å². The Balaban J connectivity index is 2.33. The van der Waals surface area contributed by atoms with E-state index < -0.39 is 0 Å². The molecule has 0 bridgehead atoms. The third-order valence-electron chi connectivity index (χ3n) is 5.93. The van der Waals surface area contributed by atoms with Crippen LogP contribution in [0.4, 0.5) is 0 Å². The van der Waals surface area contributed by atoms with Gasteiger partial charge in [-0.05, 0) is 78.5 Å². The van der Waals surface area contributed by atoms with Gasteiger partial charge < -0.3 is 10.2 Å². The third kappa shape index (κ3) is 2.16. The van der Waals surface area contributed by atoms with E-state index in [1.807, 2.05) is 27.7 Å². The molecule has 0 fully saturated rings. The first-order chi connectivity index (χ1) is 11.0. The van der Waals surface area contributed by atoms with Crippen molar-refractivity contribution in [2.75, 3.05) is 0 Å². The van der Waals surface area contributed by atoms with E-state index in [0.717, 1.165) is 28.7 Å². The highest BCUT2D eigenvalue weighted by molar-refractivity contribution is 5.61. The molecule has 0 saturated heterocycles. The van der Waals surface area contributed by atoms with Crippen LogP contribution >= 0.6 is 0 Å². The fourth-order valence-corrected chi connectivity index (χ4v) is 4.88. The fourth-order valence-electron chi connectivity index (χ4n) is 4.88. The van der Waals surface area contributed by atoms with E-state index in [-0.39, 0.29) is 10.8 Å². The Labute approximate surface area is 145 Å². The van der Waals surface area contributed by atoms with Gasteiger partial charge in [0.1, 0.15) is 11.5 Å². The van der Waals surface area contributed by atoms with Crippen LogP contribution in [0, 0.1) is 27.7 Å². The van der Waals surface area contributed by atoms with Crippen LogP contribution in [-0.4, -0.2) is 10.2 Å². The molecule has 1 unspecified atom stereocenters. The van der Waals surface area contributed by atoms with Gasteiger partial charge in [0.15, 0.2) is 0 Å². The number of aryl methyl sites for hydroxylation is 3. The summed E-state index contributed by atoms with van der Waals surface area (Å²) in [5.41, 5.74) is 7.49. The molecule has 0 amide bonds. The van der Waals surface area contributed by atoms with Gasteiger partial charge in [-0.1, -0.05) is 39.0 Å². The third-order valence-corrected chi connectivity index (χ3v) is 5.93. The molecule has 0 saturated carbocycles. The number of rotatable bonds is 1. The summed E-state index contributed by atoms with van der Waals surface area (Å²) in [7, 11) is 0. The molecule has 2 nitrogen and oxygen atoms in total. The molecule has 1 atom stereocenters. The number of hydrogen-bond acceptors (Lipinski definition) is 2. The number of aromatic hydroxyl groups is 2. The Hall–Kier alpha value is -1.96. The van der Waals surface area contributed by atoms with Crippen LogP contribution in [-0.2, 0) is 10.8 Å². The van der Waals surface area contributed by atoms with E-state index in [4.69, 9.17) is 0 Å². The summed E-state index contributed by atoms with van der Waals surface area (Å²) in [6.45, 7) is 14.7. The Morgan fingerprint density at radius 1 is 0.792 bits per heavy atom. The molecule has 1 aliphatic carbocycles. The Morgan fingerprint density at radius 2 is 1.29 bits per heavy atom. The molecule has 1 aliphatic rings. The predicted octanol–water partition coefficient (Wildman–Crippen LogP) is 5.32. The zero-order valence-electron chi connectivity index (χ0n) is 15.8. The van der Waals surface area contributed by atoms with Crippen molar-refractivity contribution in [2.45, 2.75) is 65.7 Å². The highest BCUT2D eigenvalue weighted by Crippen LogP contribution is 2.55. The Morgan fingerprint density at radius 3 is 1.83 bits per heavy atom. The molecule has 2 N–H and O–H groups in total. The zero-order valence-corrected chi connectivity index (χ0v) is 15.8. The Bertz CT molecular complexity index is 823. The van der Waals surface area contributed by atoms with Gasteiger partial charge in [0.2, 0.25) is 0 Å². The van der Waals surface area contributed by atoms with Crippen molar-refractivity contribution >= 4 is 0 Å². The van der Waals surface area contributed by atoms with Crippen molar-refractivity contribution < 1.29 is 10.2 Å². The van der Waals surface area contributed by atoms with Crippen molar-refractivity contribution in [1.82, 2.24) is 0 Å². The smallest absolute Gasteiger partial charge is 0.121 e. The summed E-state index contributed by atoms with van der Waals surface area (Å²) in [6, 6.07) is 6.39. The largest absolute Gasteiger partial charge is 0.507 e. The van der Waals surface area contributed by atoms with E-state index in [0.29, 0.717) is 11.5 Å². The van der Waals surface area contributed by atoms with Crippen molar-refractivity contribution in [3.63, 3.8) is 0 Å². The molecule has 0 heterocycles. The van der Waals surface area contributed by atoms with Crippen LogP contribution in [0.15, 0.2) is 18.2 Å². The molecule has 0 spiro atoms. The molecule has 24 heavy (non-hydrogen) atoms. The lowest BCUT2D eigenvalue weighted by molar-refractivity contribution is 0.420. The van der Waals surface area contributed by atoms with E-state index >= 15 is 0 Å². The van der Waals surface area contributed by atoms with E-state index in [1.165, 1.54) is 16.7 Å². The highest BCUT2D eigenvalue weighted by atomic mass is 16.3. The first-order valence-electron chi connectivity index (χ1n) is 8.64. The van der Waals surface area contributed by atoms with Gasteiger partial charge in [0.25, 0.3) is 0 Å². The van der Waals surface area contributed by atoms with E-state index in [9.17, 15) is 10.2 Å². The van der Waals surface area contributed by atoms with Gasteiger partial charge in [0, 0.05) is 5.41 Å². The summed E-state index contributed by atoms with van der Waals surface area (Å²) in [4.78, 5) is 0. The summed E-state index contributed by atoms with van der Waals surface area (Å²) in [6.07, 6.45) is 0.989. The molecule has 0 aliphatic heterocycles. The van der Waals surface area contributed by atoms with Crippen LogP contribution in [0.2, 0.25) is 0 Å². The number of hydrogen-bond donors (Lipinski definition) is 2. The maximum atomic E-state index is 10.4. The molecule has 0 aromatic heterocycles. The lowest BCUT2D eigenvalue weighted by atomic mass is 9.74. The minimum Gasteiger partial charge on any atom is -0.507 e. The standard InChI is InChI=1S/C22H28O2/c1-12-8-16(9-13(2)19(12)23)22(7)11-21(5,6)18-15(4)20(24)14(3)10-17(18)22/h8-10,23-24H,11H2,1-7H3. The molecule has 2 aromatic carbocycles. The summed E-state index contributed by atoms with van der Waals surface area (Å²) in [5.74, 6) is 0.807. The second kappa shape index (κ2) is 5.02. The molecular weight excluding hydrogens is 296 g/mol. The maximum Gasteiger partial charge on any atom is 0.121 e. The number of phenols is 2. The normalized spacial score (nSPS) is 21.8. The molecular formula is C22H28O2. The summed E-state index contributed by atoms with van der Waals surface area (Å²) < 4.78 is 0. The fraction of sp³-hybridized carbons (Fsp3) is 0.455. The van der Waals surface area contributed by atoms with Gasteiger partial charge in [-0.25, -0.2) is 0 Å². The minimum atomic E-state index is -0.120.